The standard InChI is InChI=1S/C18H26N2O3/c1-3-5-6-14(4-2)13-19-17(21)15-7-9-16(10-8-15)20-11-12-23-18(20)22/h7-10,14H,3-6,11-13H2,1-2H3,(H,19,21). The van der Waals surface area contributed by atoms with Crippen molar-refractivity contribution in [2.45, 2.75) is 39.5 Å². The van der Waals surface area contributed by atoms with Crippen LogP contribution in [0.15, 0.2) is 24.3 Å². The molecule has 1 atom stereocenters. The fraction of sp³-hybridized carbons (Fsp3) is 0.556. The number of anilines is 1. The van der Waals surface area contributed by atoms with Gasteiger partial charge in [0.1, 0.15) is 6.61 Å². The first-order valence-corrected chi connectivity index (χ1v) is 8.48. The Kier molecular flexibility index (Phi) is 6.44. The van der Waals surface area contributed by atoms with E-state index in [-0.39, 0.29) is 12.0 Å². The van der Waals surface area contributed by atoms with Crippen LogP contribution in [-0.4, -0.2) is 31.7 Å². The average molecular weight is 318 g/mol. The SMILES string of the molecule is CCCCC(CC)CNC(=O)c1ccc(N2CCOC2=O)cc1. The first kappa shape index (κ1) is 17.3. The Bertz CT molecular complexity index is 528. The number of rotatable bonds is 8. The summed E-state index contributed by atoms with van der Waals surface area (Å²) in [5, 5.41) is 3.01. The third kappa shape index (κ3) is 4.71. The summed E-state index contributed by atoms with van der Waals surface area (Å²) in [6, 6.07) is 7.08. The number of amides is 2. The average Bonchev–Trinajstić information content (AvgIpc) is 3.01. The number of hydrogen-bond acceptors (Lipinski definition) is 3. The highest BCUT2D eigenvalue weighted by Gasteiger charge is 2.23. The molecule has 1 aliphatic heterocycles. The molecule has 2 rings (SSSR count). The molecule has 2 amide bonds. The van der Waals surface area contributed by atoms with Crippen LogP contribution in [0.5, 0.6) is 0 Å². The Morgan fingerprint density at radius 2 is 2.04 bits per heavy atom. The molecule has 23 heavy (non-hydrogen) atoms. The molecule has 1 N–H and O–H groups in total. The molecule has 0 spiro atoms. The normalized spacial score (nSPS) is 15.4. The van der Waals surface area contributed by atoms with E-state index in [4.69, 9.17) is 4.74 Å². The van der Waals surface area contributed by atoms with Gasteiger partial charge < -0.3 is 10.1 Å². The van der Waals surface area contributed by atoms with Crippen molar-refractivity contribution < 1.29 is 14.3 Å². The van der Waals surface area contributed by atoms with Crippen molar-refractivity contribution in [2.24, 2.45) is 5.92 Å². The van der Waals surface area contributed by atoms with Crippen LogP contribution in [0.2, 0.25) is 0 Å². The fourth-order valence-corrected chi connectivity index (χ4v) is 2.70. The largest absolute Gasteiger partial charge is 0.447 e. The Labute approximate surface area is 138 Å². The quantitative estimate of drug-likeness (QED) is 0.797. The fourth-order valence-electron chi connectivity index (χ4n) is 2.70. The maximum atomic E-state index is 12.2. The molecule has 126 valence electrons. The number of hydrogen-bond donors (Lipinski definition) is 1. The molecule has 1 aromatic rings. The van der Waals surface area contributed by atoms with Crippen molar-refractivity contribution in [1.82, 2.24) is 5.32 Å². The second-order valence-corrected chi connectivity index (χ2v) is 5.94. The summed E-state index contributed by atoms with van der Waals surface area (Å²) in [5.74, 6) is 0.480. The molecule has 5 heteroatoms. The summed E-state index contributed by atoms with van der Waals surface area (Å²) in [7, 11) is 0. The van der Waals surface area contributed by atoms with Gasteiger partial charge in [0.15, 0.2) is 0 Å². The third-order valence-corrected chi connectivity index (χ3v) is 4.30. The van der Waals surface area contributed by atoms with E-state index in [0.717, 1.165) is 25.1 Å². The van der Waals surface area contributed by atoms with Crippen molar-refractivity contribution in [1.29, 1.82) is 0 Å². The lowest BCUT2D eigenvalue weighted by Gasteiger charge is -2.16. The molecule has 0 bridgehead atoms. The molecule has 1 saturated heterocycles. The van der Waals surface area contributed by atoms with E-state index in [9.17, 15) is 9.59 Å². The number of carbonyl (C=O) groups excluding carboxylic acids is 2. The molecule has 0 saturated carbocycles. The summed E-state index contributed by atoms with van der Waals surface area (Å²) >= 11 is 0. The minimum atomic E-state index is -0.330. The maximum Gasteiger partial charge on any atom is 0.414 e. The molecule has 1 aliphatic rings. The van der Waals surface area contributed by atoms with E-state index in [2.05, 4.69) is 19.2 Å². The number of unbranched alkanes of at least 4 members (excludes halogenated alkanes) is 1. The van der Waals surface area contributed by atoms with Crippen molar-refractivity contribution in [3.8, 4) is 0 Å². The van der Waals surface area contributed by atoms with Crippen molar-refractivity contribution >= 4 is 17.7 Å². The number of carbonyl (C=O) groups is 2. The van der Waals surface area contributed by atoms with Gasteiger partial charge in [-0.25, -0.2) is 4.79 Å². The molecule has 0 radical (unpaired) electrons. The molecule has 0 aliphatic carbocycles. The smallest absolute Gasteiger partial charge is 0.414 e. The van der Waals surface area contributed by atoms with Crippen LogP contribution in [0.3, 0.4) is 0 Å². The maximum absolute atomic E-state index is 12.2. The summed E-state index contributed by atoms with van der Waals surface area (Å²) < 4.78 is 4.91. The van der Waals surface area contributed by atoms with Gasteiger partial charge in [0, 0.05) is 17.8 Å². The predicted molar refractivity (Wildman–Crippen MR) is 90.8 cm³/mol. The molecule has 1 aromatic carbocycles. The van der Waals surface area contributed by atoms with Gasteiger partial charge in [0.2, 0.25) is 0 Å². The number of cyclic esters (lactones) is 1. The molecule has 1 heterocycles. The minimum absolute atomic E-state index is 0.0597. The summed E-state index contributed by atoms with van der Waals surface area (Å²) in [5.41, 5.74) is 1.38. The Balaban J connectivity index is 1.88. The van der Waals surface area contributed by atoms with Gasteiger partial charge in [-0.2, -0.15) is 0 Å². The van der Waals surface area contributed by atoms with E-state index in [1.807, 2.05) is 0 Å². The van der Waals surface area contributed by atoms with Crippen LogP contribution in [-0.2, 0) is 4.74 Å². The number of ether oxygens (including phenoxy) is 1. The van der Waals surface area contributed by atoms with E-state index < -0.39 is 0 Å². The predicted octanol–water partition coefficient (Wildman–Crippen LogP) is 3.59. The van der Waals surface area contributed by atoms with E-state index in [0.29, 0.717) is 24.6 Å². The Morgan fingerprint density at radius 3 is 2.61 bits per heavy atom. The summed E-state index contributed by atoms with van der Waals surface area (Å²) in [6.45, 7) is 6.03. The molecular weight excluding hydrogens is 292 g/mol. The summed E-state index contributed by atoms with van der Waals surface area (Å²) in [6.07, 6.45) is 4.29. The van der Waals surface area contributed by atoms with Crippen molar-refractivity contribution in [2.75, 3.05) is 24.6 Å². The lowest BCUT2D eigenvalue weighted by Crippen LogP contribution is -2.29. The van der Waals surface area contributed by atoms with Gasteiger partial charge in [-0.05, 0) is 36.6 Å². The first-order chi connectivity index (χ1) is 11.2. The highest BCUT2D eigenvalue weighted by Crippen LogP contribution is 2.19. The first-order valence-electron chi connectivity index (χ1n) is 8.48. The van der Waals surface area contributed by atoms with E-state index >= 15 is 0 Å². The van der Waals surface area contributed by atoms with Crippen LogP contribution < -0.4 is 10.2 Å². The second kappa shape index (κ2) is 8.56. The summed E-state index contributed by atoms with van der Waals surface area (Å²) in [4.78, 5) is 25.3. The van der Waals surface area contributed by atoms with Gasteiger partial charge >= 0.3 is 6.09 Å². The Morgan fingerprint density at radius 1 is 1.30 bits per heavy atom. The molecule has 1 fully saturated rings. The van der Waals surface area contributed by atoms with Crippen LogP contribution >= 0.6 is 0 Å². The zero-order chi connectivity index (χ0) is 16.7. The van der Waals surface area contributed by atoms with Gasteiger partial charge in [0.05, 0.1) is 6.54 Å². The minimum Gasteiger partial charge on any atom is -0.447 e. The highest BCUT2D eigenvalue weighted by atomic mass is 16.6. The highest BCUT2D eigenvalue weighted by molar-refractivity contribution is 5.95. The zero-order valence-electron chi connectivity index (χ0n) is 14.0. The topological polar surface area (TPSA) is 58.6 Å². The van der Waals surface area contributed by atoms with Gasteiger partial charge in [-0.3, -0.25) is 9.69 Å². The van der Waals surface area contributed by atoms with Crippen molar-refractivity contribution in [3.63, 3.8) is 0 Å². The van der Waals surface area contributed by atoms with Gasteiger partial charge in [-0.1, -0.05) is 33.1 Å². The van der Waals surface area contributed by atoms with Crippen LogP contribution in [0.4, 0.5) is 10.5 Å². The number of benzene rings is 1. The van der Waals surface area contributed by atoms with E-state index in [1.54, 1.807) is 29.2 Å². The monoisotopic (exact) mass is 318 g/mol. The van der Waals surface area contributed by atoms with Gasteiger partial charge in [0.25, 0.3) is 5.91 Å². The molecular formula is C18H26N2O3. The molecule has 1 unspecified atom stereocenters. The second-order valence-electron chi connectivity index (χ2n) is 5.94. The van der Waals surface area contributed by atoms with Crippen molar-refractivity contribution in [3.05, 3.63) is 29.8 Å². The zero-order valence-corrected chi connectivity index (χ0v) is 14.0. The molecule has 0 aromatic heterocycles. The van der Waals surface area contributed by atoms with Crippen LogP contribution in [0.1, 0.15) is 49.9 Å². The number of nitrogens with zero attached hydrogens (tertiary/aromatic N) is 1. The molecule has 5 nitrogen and oxygen atoms in total. The van der Waals surface area contributed by atoms with Crippen LogP contribution in [0, 0.1) is 5.92 Å². The van der Waals surface area contributed by atoms with Crippen LogP contribution in [0.25, 0.3) is 0 Å². The third-order valence-electron chi connectivity index (χ3n) is 4.30. The van der Waals surface area contributed by atoms with Gasteiger partial charge in [-0.15, -0.1) is 0 Å². The Hall–Kier alpha value is -2.04. The lowest BCUT2D eigenvalue weighted by molar-refractivity contribution is 0.0946. The number of nitrogens with one attached hydrogen (secondary N) is 1. The lowest BCUT2D eigenvalue weighted by atomic mass is 9.99. The van der Waals surface area contributed by atoms with E-state index in [1.165, 1.54) is 12.8 Å².